The summed E-state index contributed by atoms with van der Waals surface area (Å²) in [6, 6.07) is 9.74. The first-order valence-electron chi connectivity index (χ1n) is 9.88. The van der Waals surface area contributed by atoms with E-state index in [1.165, 1.54) is 5.56 Å². The van der Waals surface area contributed by atoms with Crippen molar-refractivity contribution in [2.45, 2.75) is 47.6 Å². The zero-order chi connectivity index (χ0) is 20.4. The lowest BCUT2D eigenvalue weighted by molar-refractivity contribution is -0.131. The molecule has 0 N–H and O–H groups in total. The highest BCUT2D eigenvalue weighted by atomic mass is 16.2. The second kappa shape index (κ2) is 8.00. The van der Waals surface area contributed by atoms with E-state index in [0.717, 1.165) is 28.8 Å². The Morgan fingerprint density at radius 1 is 1.07 bits per heavy atom. The van der Waals surface area contributed by atoms with Crippen molar-refractivity contribution in [2.24, 2.45) is 0 Å². The lowest BCUT2D eigenvalue weighted by Gasteiger charge is -2.20. The summed E-state index contributed by atoms with van der Waals surface area (Å²) in [7, 11) is 0. The van der Waals surface area contributed by atoms with Crippen LogP contribution in [-0.4, -0.2) is 38.2 Å². The fourth-order valence-electron chi connectivity index (χ4n) is 3.68. The maximum absolute atomic E-state index is 12.8. The van der Waals surface area contributed by atoms with Crippen LogP contribution in [0.15, 0.2) is 35.1 Å². The fraction of sp³-hybridized carbons (Fsp3) is 0.409. The van der Waals surface area contributed by atoms with Crippen molar-refractivity contribution in [1.29, 1.82) is 0 Å². The summed E-state index contributed by atoms with van der Waals surface area (Å²) >= 11 is 0. The van der Waals surface area contributed by atoms with E-state index in [1.807, 2.05) is 39.8 Å². The predicted octanol–water partition coefficient (Wildman–Crippen LogP) is 3.23. The van der Waals surface area contributed by atoms with Crippen LogP contribution in [0.4, 0.5) is 0 Å². The molecule has 148 valence electrons. The van der Waals surface area contributed by atoms with Gasteiger partial charge in [0.05, 0.1) is 11.4 Å². The van der Waals surface area contributed by atoms with Crippen LogP contribution in [-0.2, 0) is 17.8 Å². The number of carbonyl (C=O) groups excluding carboxylic acids is 1. The number of hydrogen-bond donors (Lipinski definition) is 0. The quantitative estimate of drug-likeness (QED) is 0.660. The van der Waals surface area contributed by atoms with Crippen LogP contribution in [0.1, 0.15) is 37.6 Å². The van der Waals surface area contributed by atoms with Crippen LogP contribution < -0.4 is 5.56 Å². The molecule has 2 aromatic heterocycles. The molecule has 28 heavy (non-hydrogen) atoms. The molecular formula is C22H28N4O2. The zero-order valence-electron chi connectivity index (χ0n) is 17.3. The summed E-state index contributed by atoms with van der Waals surface area (Å²) in [5.74, 6) is -0.0658. The largest absolute Gasteiger partial charge is 0.342 e. The molecule has 6 nitrogen and oxygen atoms in total. The molecule has 0 unspecified atom stereocenters. The van der Waals surface area contributed by atoms with E-state index in [4.69, 9.17) is 5.10 Å². The molecule has 0 bridgehead atoms. The first kappa shape index (κ1) is 19.9. The van der Waals surface area contributed by atoms with E-state index < -0.39 is 0 Å². The Morgan fingerprint density at radius 3 is 2.29 bits per heavy atom. The monoisotopic (exact) mass is 380 g/mol. The van der Waals surface area contributed by atoms with Crippen molar-refractivity contribution in [3.05, 3.63) is 57.5 Å². The highest BCUT2D eigenvalue weighted by Crippen LogP contribution is 2.24. The van der Waals surface area contributed by atoms with E-state index in [0.29, 0.717) is 18.7 Å². The summed E-state index contributed by atoms with van der Waals surface area (Å²) < 4.78 is 3.34. The van der Waals surface area contributed by atoms with E-state index in [2.05, 4.69) is 19.1 Å². The molecule has 0 spiro atoms. The van der Waals surface area contributed by atoms with Crippen molar-refractivity contribution in [2.75, 3.05) is 13.1 Å². The van der Waals surface area contributed by atoms with Gasteiger partial charge in [-0.1, -0.05) is 19.1 Å². The highest BCUT2D eigenvalue weighted by Gasteiger charge is 2.20. The number of likely N-dealkylation sites (N-methyl/N-ethyl adjacent to an activating group) is 1. The number of fused-ring (bicyclic) bond motifs is 1. The minimum absolute atomic E-state index is 0.00940. The number of rotatable bonds is 6. The molecule has 0 aliphatic rings. The van der Waals surface area contributed by atoms with Gasteiger partial charge in [0, 0.05) is 24.5 Å². The summed E-state index contributed by atoms with van der Waals surface area (Å²) in [6.07, 6.45) is 0.960. The molecule has 2 heterocycles. The number of amides is 1. The van der Waals surface area contributed by atoms with Gasteiger partial charge in [0.2, 0.25) is 5.91 Å². The van der Waals surface area contributed by atoms with Gasteiger partial charge < -0.3 is 4.90 Å². The van der Waals surface area contributed by atoms with E-state index in [9.17, 15) is 9.59 Å². The van der Waals surface area contributed by atoms with Crippen LogP contribution in [0.2, 0.25) is 0 Å². The van der Waals surface area contributed by atoms with Crippen molar-refractivity contribution < 1.29 is 4.79 Å². The third-order valence-corrected chi connectivity index (χ3v) is 5.29. The molecular weight excluding hydrogens is 352 g/mol. The van der Waals surface area contributed by atoms with Gasteiger partial charge in [-0.2, -0.15) is 5.10 Å². The maximum Gasteiger partial charge on any atom is 0.252 e. The summed E-state index contributed by atoms with van der Waals surface area (Å²) in [4.78, 5) is 27.3. The van der Waals surface area contributed by atoms with Gasteiger partial charge >= 0.3 is 0 Å². The standard InChI is InChI=1S/C22H28N4O2/c1-6-17-9-11-18(12-10-17)26-22-21(16(5)23-26)15(4)13-19(27)25(22)14-20(28)24(7-2)8-3/h9-13H,6-8,14H2,1-5H3. The third kappa shape index (κ3) is 3.46. The number of hydrogen-bond acceptors (Lipinski definition) is 3. The Labute approximate surface area is 165 Å². The molecule has 0 radical (unpaired) electrons. The molecule has 0 aliphatic heterocycles. The predicted molar refractivity (Wildman–Crippen MR) is 112 cm³/mol. The number of benzene rings is 1. The fourth-order valence-corrected chi connectivity index (χ4v) is 3.68. The number of pyridine rings is 1. The Bertz CT molecular complexity index is 1060. The first-order valence-corrected chi connectivity index (χ1v) is 9.88. The molecule has 1 aromatic carbocycles. The molecule has 1 amide bonds. The van der Waals surface area contributed by atoms with Crippen molar-refractivity contribution in [3.8, 4) is 5.69 Å². The minimum atomic E-state index is -0.183. The Kier molecular flexibility index (Phi) is 5.68. The van der Waals surface area contributed by atoms with Crippen molar-refractivity contribution >= 4 is 16.9 Å². The summed E-state index contributed by atoms with van der Waals surface area (Å²) in [5, 5.41) is 5.63. The van der Waals surface area contributed by atoms with Gasteiger partial charge in [0.1, 0.15) is 12.2 Å². The second-order valence-corrected chi connectivity index (χ2v) is 7.03. The van der Waals surface area contributed by atoms with E-state index >= 15 is 0 Å². The van der Waals surface area contributed by atoms with Gasteiger partial charge in [-0.3, -0.25) is 14.2 Å². The molecule has 0 atom stereocenters. The minimum Gasteiger partial charge on any atom is -0.342 e. The third-order valence-electron chi connectivity index (χ3n) is 5.29. The topological polar surface area (TPSA) is 60.1 Å². The summed E-state index contributed by atoms with van der Waals surface area (Å²) in [6.45, 7) is 11.1. The van der Waals surface area contributed by atoms with Gasteiger partial charge in [-0.15, -0.1) is 0 Å². The maximum atomic E-state index is 12.8. The van der Waals surface area contributed by atoms with Gasteiger partial charge in [-0.25, -0.2) is 4.68 Å². The smallest absolute Gasteiger partial charge is 0.252 e. The molecule has 3 rings (SSSR count). The highest BCUT2D eigenvalue weighted by molar-refractivity contribution is 5.85. The number of aryl methyl sites for hydroxylation is 3. The zero-order valence-corrected chi connectivity index (χ0v) is 17.3. The molecule has 0 aliphatic carbocycles. The average Bonchev–Trinajstić information content (AvgIpc) is 3.03. The molecule has 0 fully saturated rings. The number of aromatic nitrogens is 3. The van der Waals surface area contributed by atoms with Crippen LogP contribution >= 0.6 is 0 Å². The number of nitrogens with zero attached hydrogens (tertiary/aromatic N) is 4. The number of carbonyl (C=O) groups is 1. The second-order valence-electron chi connectivity index (χ2n) is 7.03. The first-order chi connectivity index (χ1) is 13.4. The van der Waals surface area contributed by atoms with Gasteiger partial charge in [0.25, 0.3) is 5.56 Å². The van der Waals surface area contributed by atoms with E-state index in [-0.39, 0.29) is 18.0 Å². The Balaban J connectivity index is 2.23. The lowest BCUT2D eigenvalue weighted by Crippen LogP contribution is -2.36. The Morgan fingerprint density at radius 2 is 1.71 bits per heavy atom. The van der Waals surface area contributed by atoms with Gasteiger partial charge in [0.15, 0.2) is 0 Å². The van der Waals surface area contributed by atoms with Crippen molar-refractivity contribution in [3.63, 3.8) is 0 Å². The molecule has 0 saturated heterocycles. The average molecular weight is 380 g/mol. The van der Waals surface area contributed by atoms with Crippen molar-refractivity contribution in [1.82, 2.24) is 19.2 Å². The van der Waals surface area contributed by atoms with Gasteiger partial charge in [-0.05, 0) is 57.4 Å². The van der Waals surface area contributed by atoms with Crippen LogP contribution in [0, 0.1) is 13.8 Å². The normalized spacial score (nSPS) is 11.2. The molecule has 3 aromatic rings. The molecule has 6 heteroatoms. The van der Waals surface area contributed by atoms with E-state index in [1.54, 1.807) is 20.2 Å². The van der Waals surface area contributed by atoms with Crippen LogP contribution in [0.5, 0.6) is 0 Å². The van der Waals surface area contributed by atoms with Crippen LogP contribution in [0.25, 0.3) is 16.7 Å². The summed E-state index contributed by atoms with van der Waals surface area (Å²) in [5.41, 5.74) is 4.33. The SMILES string of the molecule is CCc1ccc(-n2nc(C)c3c(C)cc(=O)n(CC(=O)N(CC)CC)c32)cc1. The van der Waals surface area contributed by atoms with Crippen LogP contribution in [0.3, 0.4) is 0 Å². The lowest BCUT2D eigenvalue weighted by atomic mass is 10.1. The Hall–Kier alpha value is -2.89. The molecule has 0 saturated carbocycles.